The molecule has 1 aliphatic heterocycles. The Balaban J connectivity index is 1.63. The minimum Gasteiger partial charge on any atom is -0.493 e. The highest BCUT2D eigenvalue weighted by Gasteiger charge is 2.29. The van der Waals surface area contributed by atoms with E-state index in [1.807, 2.05) is 61.2 Å². The van der Waals surface area contributed by atoms with Crippen LogP contribution in [0.3, 0.4) is 0 Å². The number of hydrogen-bond donors (Lipinski definition) is 4. The van der Waals surface area contributed by atoms with Gasteiger partial charge in [0.05, 0.1) is 26.8 Å². The van der Waals surface area contributed by atoms with Crippen LogP contribution in [0.5, 0.6) is 11.5 Å². The van der Waals surface area contributed by atoms with Crippen molar-refractivity contribution in [2.75, 3.05) is 33.9 Å². The van der Waals surface area contributed by atoms with Gasteiger partial charge in [-0.25, -0.2) is 9.67 Å². The van der Waals surface area contributed by atoms with Crippen molar-refractivity contribution in [2.24, 2.45) is 5.92 Å². The molecule has 0 saturated carbocycles. The van der Waals surface area contributed by atoms with E-state index in [1.54, 1.807) is 34.1 Å². The van der Waals surface area contributed by atoms with Crippen LogP contribution in [-0.4, -0.2) is 89.2 Å². The number of carbonyl (C=O) groups is 4. The van der Waals surface area contributed by atoms with E-state index in [4.69, 9.17) is 14.5 Å². The van der Waals surface area contributed by atoms with Gasteiger partial charge in [-0.1, -0.05) is 56.3 Å². The van der Waals surface area contributed by atoms with Crippen molar-refractivity contribution in [3.8, 4) is 22.9 Å². The average molecular weight is 677 g/mol. The fraction of sp³-hybridized carbons (Fsp3) is 0.486. The fourth-order valence-electron chi connectivity index (χ4n) is 5.69. The lowest BCUT2D eigenvalue weighted by atomic mass is 10.0. The predicted octanol–water partition coefficient (Wildman–Crippen LogP) is 2.20. The summed E-state index contributed by atoms with van der Waals surface area (Å²) >= 11 is 0. The molecule has 1 aliphatic rings. The van der Waals surface area contributed by atoms with Gasteiger partial charge in [0.1, 0.15) is 24.5 Å². The highest BCUT2D eigenvalue weighted by Crippen LogP contribution is 2.31. The van der Waals surface area contributed by atoms with Gasteiger partial charge in [0, 0.05) is 30.8 Å². The molecule has 2 aromatic carbocycles. The molecule has 0 fully saturated rings. The lowest BCUT2D eigenvalue weighted by Gasteiger charge is -2.26. The summed E-state index contributed by atoms with van der Waals surface area (Å²) in [5.74, 6) is 0.490. The Bertz CT molecular complexity index is 1590. The molecule has 0 unspecified atom stereocenters. The van der Waals surface area contributed by atoms with Gasteiger partial charge in [0.15, 0.2) is 17.3 Å². The van der Waals surface area contributed by atoms with E-state index in [9.17, 15) is 19.2 Å². The van der Waals surface area contributed by atoms with Gasteiger partial charge in [0.2, 0.25) is 23.6 Å². The molecule has 0 bridgehead atoms. The molecule has 4 N–H and O–H groups in total. The van der Waals surface area contributed by atoms with Gasteiger partial charge < -0.3 is 30.7 Å². The zero-order valence-corrected chi connectivity index (χ0v) is 29.1. The van der Waals surface area contributed by atoms with Crippen LogP contribution in [0.25, 0.3) is 11.4 Å². The molecule has 14 nitrogen and oxygen atoms in total. The Morgan fingerprint density at radius 1 is 0.857 bits per heavy atom. The summed E-state index contributed by atoms with van der Waals surface area (Å²) in [5, 5.41) is 16.1. The normalized spacial score (nSPS) is 20.5. The number of rotatable bonds is 7. The quantitative estimate of drug-likeness (QED) is 0.293. The third kappa shape index (κ3) is 10.3. The number of benzene rings is 2. The molecule has 0 spiro atoms. The van der Waals surface area contributed by atoms with Gasteiger partial charge in [-0.05, 0) is 38.7 Å². The second-order valence-electron chi connectivity index (χ2n) is 12.6. The molecule has 1 aromatic heterocycles. The smallest absolute Gasteiger partial charge is 0.243 e. The Hall–Kier alpha value is -4.98. The van der Waals surface area contributed by atoms with Crippen molar-refractivity contribution in [1.29, 1.82) is 0 Å². The Labute approximate surface area is 287 Å². The third-order valence-corrected chi connectivity index (χ3v) is 8.10. The van der Waals surface area contributed by atoms with Crippen LogP contribution in [0.2, 0.25) is 0 Å². The molecular formula is C35H48N8O6. The van der Waals surface area contributed by atoms with Crippen molar-refractivity contribution < 1.29 is 28.7 Å². The molecule has 264 valence electrons. The monoisotopic (exact) mass is 676 g/mol. The topological polar surface area (TPSA) is 169 Å². The maximum atomic E-state index is 13.6. The van der Waals surface area contributed by atoms with E-state index in [0.29, 0.717) is 55.6 Å². The summed E-state index contributed by atoms with van der Waals surface area (Å²) in [6, 6.07) is 12.5. The molecule has 0 saturated heterocycles. The summed E-state index contributed by atoms with van der Waals surface area (Å²) in [6.45, 7) is 8.25. The highest BCUT2D eigenvalue weighted by atomic mass is 16.5. The van der Waals surface area contributed by atoms with Crippen LogP contribution in [-0.2, 0) is 32.3 Å². The van der Waals surface area contributed by atoms with Crippen LogP contribution >= 0.6 is 0 Å². The van der Waals surface area contributed by atoms with Crippen LogP contribution in [0.15, 0.2) is 48.5 Å². The number of hydrogen-bond acceptors (Lipinski definition) is 9. The molecule has 4 amide bonds. The molecule has 0 radical (unpaired) electrons. The minimum atomic E-state index is -0.904. The van der Waals surface area contributed by atoms with Crippen molar-refractivity contribution in [2.45, 2.75) is 71.8 Å². The summed E-state index contributed by atoms with van der Waals surface area (Å²) < 4.78 is 12.6. The number of fused-ring (bicyclic) bond motifs is 1. The van der Waals surface area contributed by atoms with E-state index >= 15 is 0 Å². The molecule has 2 heterocycles. The molecule has 3 aromatic rings. The molecule has 0 aliphatic carbocycles. The maximum Gasteiger partial charge on any atom is 0.243 e. The number of para-hydroxylation sites is 1. The summed E-state index contributed by atoms with van der Waals surface area (Å²) in [7, 11) is 3.12. The lowest BCUT2D eigenvalue weighted by Crippen LogP contribution is -2.54. The third-order valence-electron chi connectivity index (χ3n) is 8.10. The number of carbonyl (C=O) groups excluding carboxylic acids is 4. The van der Waals surface area contributed by atoms with Gasteiger partial charge in [-0.3, -0.25) is 24.1 Å². The Morgan fingerprint density at radius 2 is 1.61 bits per heavy atom. The zero-order chi connectivity index (χ0) is 35.5. The standard InChI is InChI=1S/C35H48N8O6/c1-22(2)18-27-35(47)38-23(3)33-40-32(25-12-8-7-9-13-25)41-43(33)21-29(44)36-16-11-17-42(20-30(45)37-24(4)34(46)39-27)19-26-14-10-15-28(48-5)31(26)49-6/h7-10,12-15,22-24,27H,11,16-21H2,1-6H3,(H,36,44)(H,37,45)(H,38,47)(H,39,46)/t23-,24+,27+/m0/s1. The van der Waals surface area contributed by atoms with Crippen LogP contribution in [0.4, 0.5) is 0 Å². The van der Waals surface area contributed by atoms with Crippen molar-refractivity contribution in [1.82, 2.24) is 40.9 Å². The predicted molar refractivity (Wildman–Crippen MR) is 183 cm³/mol. The van der Waals surface area contributed by atoms with Gasteiger partial charge in [-0.2, -0.15) is 5.10 Å². The van der Waals surface area contributed by atoms with Crippen LogP contribution in [0.1, 0.15) is 58.0 Å². The molecule has 14 heteroatoms. The molecule has 49 heavy (non-hydrogen) atoms. The Morgan fingerprint density at radius 3 is 2.31 bits per heavy atom. The fourth-order valence-corrected chi connectivity index (χ4v) is 5.69. The first-order chi connectivity index (χ1) is 23.5. The van der Waals surface area contributed by atoms with Gasteiger partial charge in [0.25, 0.3) is 0 Å². The minimum absolute atomic E-state index is 0.0239. The van der Waals surface area contributed by atoms with E-state index < -0.39 is 29.9 Å². The number of methoxy groups -OCH3 is 2. The summed E-state index contributed by atoms with van der Waals surface area (Å²) in [6.07, 6.45) is 0.898. The van der Waals surface area contributed by atoms with Gasteiger partial charge in [-0.15, -0.1) is 0 Å². The number of nitrogens with one attached hydrogen (secondary N) is 4. The van der Waals surface area contributed by atoms with E-state index in [0.717, 1.165) is 11.1 Å². The largest absolute Gasteiger partial charge is 0.493 e. The van der Waals surface area contributed by atoms with Crippen molar-refractivity contribution in [3.05, 3.63) is 59.9 Å². The number of ether oxygens (including phenoxy) is 2. The molecule has 3 atom stereocenters. The van der Waals surface area contributed by atoms with E-state index in [-0.39, 0.29) is 30.8 Å². The first kappa shape index (κ1) is 36.8. The number of aromatic nitrogens is 3. The maximum absolute atomic E-state index is 13.6. The SMILES string of the molecule is COc1cccc(CN2CCCNC(=O)Cn3nc(-c4ccccc4)nc3[C@H](C)NC(=O)[C@@H](CC(C)C)NC(=O)[C@@H](C)NC(=O)C2)c1OC. The summed E-state index contributed by atoms with van der Waals surface area (Å²) in [4.78, 5) is 60.0. The number of nitrogens with zero attached hydrogens (tertiary/aromatic N) is 4. The first-order valence-electron chi connectivity index (χ1n) is 16.6. The second kappa shape index (κ2) is 17.4. The van der Waals surface area contributed by atoms with Crippen LogP contribution in [0, 0.1) is 5.92 Å². The molecular weight excluding hydrogens is 628 g/mol. The molecule has 4 rings (SSSR count). The summed E-state index contributed by atoms with van der Waals surface area (Å²) in [5.41, 5.74) is 1.58. The van der Waals surface area contributed by atoms with E-state index in [2.05, 4.69) is 26.4 Å². The van der Waals surface area contributed by atoms with Gasteiger partial charge >= 0.3 is 0 Å². The van der Waals surface area contributed by atoms with Crippen molar-refractivity contribution in [3.63, 3.8) is 0 Å². The number of amides is 4. The van der Waals surface area contributed by atoms with Crippen molar-refractivity contribution >= 4 is 23.6 Å². The Kier molecular flexibility index (Phi) is 13.1. The lowest BCUT2D eigenvalue weighted by molar-refractivity contribution is -0.132. The second-order valence-corrected chi connectivity index (χ2v) is 12.6. The first-order valence-corrected chi connectivity index (χ1v) is 16.6. The average Bonchev–Trinajstić information content (AvgIpc) is 3.49. The highest BCUT2D eigenvalue weighted by molar-refractivity contribution is 5.92. The zero-order valence-electron chi connectivity index (χ0n) is 29.1. The van der Waals surface area contributed by atoms with E-state index in [1.165, 1.54) is 4.68 Å². The van der Waals surface area contributed by atoms with Crippen LogP contribution < -0.4 is 30.7 Å².